The van der Waals surface area contributed by atoms with Crippen LogP contribution in [0.5, 0.6) is 0 Å². The molecule has 4 rings (SSSR count). The van der Waals surface area contributed by atoms with Crippen LogP contribution < -0.4 is 16.8 Å². The molecular weight excluding hydrogens is 589 g/mol. The average molecular weight is 626 g/mol. The molecule has 1 aromatic carbocycles. The molecule has 14 heteroatoms. The number of benzene rings is 1. The van der Waals surface area contributed by atoms with Crippen molar-refractivity contribution in [3.05, 3.63) is 57.6 Å². The van der Waals surface area contributed by atoms with Gasteiger partial charge in [-0.05, 0) is 35.6 Å². The molecule has 2 aliphatic heterocycles. The number of amidine groups is 1. The molecule has 3 heterocycles. The molecule has 0 bridgehead atoms. The highest BCUT2D eigenvalue weighted by Gasteiger charge is 2.35. The SMILES string of the molecule is C=CC(=O)N1CC(NC(=O)c2c(Cl)nc(CN=C(N)c3cc(C(C)(C)C)c(Cl)cc3N)n2[C@@H]2CCN(CC(F)F)C2)C1. The van der Waals surface area contributed by atoms with Gasteiger partial charge in [0.05, 0.1) is 19.1 Å². The van der Waals surface area contributed by atoms with Crippen molar-refractivity contribution in [2.75, 3.05) is 38.5 Å². The summed E-state index contributed by atoms with van der Waals surface area (Å²) in [6.45, 7) is 10.5. The minimum absolute atomic E-state index is 0.0389. The topological polar surface area (TPSA) is 135 Å². The fourth-order valence-corrected chi connectivity index (χ4v) is 6.03. The Morgan fingerprint density at radius 1 is 1.26 bits per heavy atom. The molecule has 0 radical (unpaired) electrons. The number of nitrogens with one attached hydrogen (secondary N) is 1. The summed E-state index contributed by atoms with van der Waals surface area (Å²) in [7, 11) is 0. The molecular formula is C28H36Cl2F2N8O2. The second-order valence-electron chi connectivity index (χ2n) is 11.6. The zero-order chi connectivity index (χ0) is 30.9. The highest BCUT2D eigenvalue weighted by Crippen LogP contribution is 2.33. The number of nitrogen functional groups attached to an aromatic ring is 1. The van der Waals surface area contributed by atoms with Crippen molar-refractivity contribution in [1.29, 1.82) is 0 Å². The predicted molar refractivity (Wildman–Crippen MR) is 160 cm³/mol. The van der Waals surface area contributed by atoms with Crippen molar-refractivity contribution >= 4 is 46.5 Å². The van der Waals surface area contributed by atoms with Gasteiger partial charge in [-0.1, -0.05) is 50.6 Å². The predicted octanol–water partition coefficient (Wildman–Crippen LogP) is 3.61. The molecule has 1 aromatic heterocycles. The van der Waals surface area contributed by atoms with Crippen LogP contribution in [0, 0.1) is 0 Å². The number of carbonyl (C=O) groups is 2. The molecule has 5 N–H and O–H groups in total. The number of hydrogen-bond acceptors (Lipinski definition) is 6. The lowest BCUT2D eigenvalue weighted by molar-refractivity contribution is -0.130. The first-order chi connectivity index (χ1) is 19.7. The standard InChI is InChI=1S/C28H36Cl2F2N8O2/c1-5-23(41)39-11-15(12-39)36-27(42)24-25(30)37-22(40(24)16-6-7-38(13-16)14-21(31)32)10-35-26(34)17-8-18(28(2,3)4)19(29)9-20(17)33/h5,8-9,15-16,21H,1,6-7,10-14,33H2,2-4H3,(H2,34,35)(H,36,42)/t16-/m1/s1. The van der Waals surface area contributed by atoms with Crippen molar-refractivity contribution in [2.45, 2.75) is 57.7 Å². The van der Waals surface area contributed by atoms with Crippen molar-refractivity contribution in [2.24, 2.45) is 10.7 Å². The summed E-state index contributed by atoms with van der Waals surface area (Å²) in [6.07, 6.45) is -0.755. The van der Waals surface area contributed by atoms with Crippen LogP contribution in [-0.4, -0.2) is 82.2 Å². The maximum atomic E-state index is 13.4. The van der Waals surface area contributed by atoms with Gasteiger partial charge in [0.1, 0.15) is 17.4 Å². The lowest BCUT2D eigenvalue weighted by Crippen LogP contribution is -2.60. The zero-order valence-corrected chi connectivity index (χ0v) is 25.4. The van der Waals surface area contributed by atoms with Gasteiger partial charge in [-0.25, -0.2) is 13.8 Å². The van der Waals surface area contributed by atoms with Gasteiger partial charge in [0.15, 0.2) is 5.15 Å². The van der Waals surface area contributed by atoms with E-state index in [2.05, 4.69) is 21.9 Å². The Bertz CT molecular complexity index is 1400. The molecule has 2 aromatic rings. The van der Waals surface area contributed by atoms with Gasteiger partial charge in [-0.2, -0.15) is 0 Å². The first-order valence-corrected chi connectivity index (χ1v) is 14.3. The van der Waals surface area contributed by atoms with Gasteiger partial charge in [-0.3, -0.25) is 19.5 Å². The number of hydrogen-bond donors (Lipinski definition) is 3. The molecule has 0 aliphatic carbocycles. The monoisotopic (exact) mass is 624 g/mol. The minimum atomic E-state index is -2.48. The number of imidazole rings is 1. The number of aliphatic imine (C=N–C) groups is 1. The van der Waals surface area contributed by atoms with E-state index in [1.54, 1.807) is 20.4 Å². The van der Waals surface area contributed by atoms with E-state index in [0.717, 1.165) is 5.56 Å². The van der Waals surface area contributed by atoms with Gasteiger partial charge in [-0.15, -0.1) is 0 Å². The van der Waals surface area contributed by atoms with E-state index >= 15 is 0 Å². The Hall–Kier alpha value is -3.22. The largest absolute Gasteiger partial charge is 0.398 e. The quantitative estimate of drug-likeness (QED) is 0.169. The first kappa shape index (κ1) is 31.7. The Labute approximate surface area is 253 Å². The van der Waals surface area contributed by atoms with Gasteiger partial charge in [0, 0.05) is 48.5 Å². The lowest BCUT2D eigenvalue weighted by atomic mass is 9.85. The highest BCUT2D eigenvalue weighted by molar-refractivity contribution is 6.32. The van der Waals surface area contributed by atoms with E-state index in [4.69, 9.17) is 34.7 Å². The molecule has 0 unspecified atom stereocenters. The number of alkyl halides is 2. The molecule has 10 nitrogen and oxygen atoms in total. The number of nitrogens with zero attached hydrogens (tertiary/aromatic N) is 5. The van der Waals surface area contributed by atoms with Crippen molar-refractivity contribution < 1.29 is 18.4 Å². The molecule has 1 atom stereocenters. The van der Waals surface area contributed by atoms with E-state index in [-0.39, 0.29) is 59.7 Å². The highest BCUT2D eigenvalue weighted by atomic mass is 35.5. The maximum Gasteiger partial charge on any atom is 0.271 e. The van der Waals surface area contributed by atoms with E-state index < -0.39 is 12.3 Å². The number of anilines is 1. The molecule has 2 aliphatic rings. The summed E-state index contributed by atoms with van der Waals surface area (Å²) >= 11 is 12.9. The first-order valence-electron chi connectivity index (χ1n) is 13.6. The summed E-state index contributed by atoms with van der Waals surface area (Å²) < 4.78 is 27.9. The van der Waals surface area contributed by atoms with Crippen LogP contribution in [0.15, 0.2) is 29.8 Å². The maximum absolute atomic E-state index is 13.4. The summed E-state index contributed by atoms with van der Waals surface area (Å²) in [5.74, 6) is -0.186. The molecule has 0 saturated carbocycles. The van der Waals surface area contributed by atoms with Crippen LogP contribution in [0.1, 0.15) is 60.7 Å². The molecule has 2 saturated heterocycles. The van der Waals surface area contributed by atoms with Crippen molar-refractivity contribution in [3.8, 4) is 0 Å². The van der Waals surface area contributed by atoms with Gasteiger partial charge in [0.2, 0.25) is 5.91 Å². The minimum Gasteiger partial charge on any atom is -0.398 e. The number of rotatable bonds is 9. The molecule has 42 heavy (non-hydrogen) atoms. The summed E-state index contributed by atoms with van der Waals surface area (Å²) in [4.78, 5) is 37.4. The smallest absolute Gasteiger partial charge is 0.271 e. The lowest BCUT2D eigenvalue weighted by Gasteiger charge is -2.39. The van der Waals surface area contributed by atoms with Crippen LogP contribution in [0.2, 0.25) is 10.2 Å². The summed E-state index contributed by atoms with van der Waals surface area (Å²) in [6, 6.07) is 2.83. The van der Waals surface area contributed by atoms with Crippen molar-refractivity contribution in [1.82, 2.24) is 24.7 Å². The van der Waals surface area contributed by atoms with Crippen LogP contribution in [0.4, 0.5) is 14.5 Å². The number of carbonyl (C=O) groups excluding carboxylic acids is 2. The third-order valence-corrected chi connectivity index (χ3v) is 8.06. The molecule has 2 fully saturated rings. The Morgan fingerprint density at radius 2 is 1.95 bits per heavy atom. The molecule has 2 amide bonds. The normalized spacial score (nSPS) is 18.4. The average Bonchev–Trinajstić information content (AvgIpc) is 3.45. The van der Waals surface area contributed by atoms with E-state index in [0.29, 0.717) is 48.2 Å². The molecule has 0 spiro atoms. The Balaban J connectivity index is 1.63. The number of likely N-dealkylation sites (tertiary alicyclic amines) is 2. The van der Waals surface area contributed by atoms with E-state index in [1.807, 2.05) is 26.8 Å². The number of nitrogens with two attached hydrogens (primary N) is 2. The second-order valence-corrected chi connectivity index (χ2v) is 12.4. The molecule has 228 valence electrons. The van der Waals surface area contributed by atoms with Gasteiger partial charge in [0.25, 0.3) is 12.3 Å². The van der Waals surface area contributed by atoms with Crippen LogP contribution in [0.3, 0.4) is 0 Å². The van der Waals surface area contributed by atoms with Gasteiger partial charge < -0.3 is 26.3 Å². The Kier molecular flexibility index (Phi) is 9.49. The van der Waals surface area contributed by atoms with Gasteiger partial charge >= 0.3 is 0 Å². The summed E-state index contributed by atoms with van der Waals surface area (Å²) in [5.41, 5.74) is 14.2. The van der Waals surface area contributed by atoms with Crippen LogP contribution >= 0.6 is 23.2 Å². The fraction of sp³-hybridized carbons (Fsp3) is 0.500. The Morgan fingerprint density at radius 3 is 2.57 bits per heavy atom. The van der Waals surface area contributed by atoms with E-state index in [9.17, 15) is 18.4 Å². The number of amides is 2. The third-order valence-electron chi connectivity index (χ3n) is 7.48. The van der Waals surface area contributed by atoms with Crippen LogP contribution in [-0.2, 0) is 16.8 Å². The fourth-order valence-electron chi connectivity index (χ4n) is 5.30. The number of halogens is 4. The number of aromatic nitrogens is 2. The second kappa shape index (κ2) is 12.6. The summed E-state index contributed by atoms with van der Waals surface area (Å²) in [5, 5.41) is 3.37. The van der Waals surface area contributed by atoms with Crippen molar-refractivity contribution in [3.63, 3.8) is 0 Å². The zero-order valence-electron chi connectivity index (χ0n) is 23.8. The third kappa shape index (κ3) is 6.87. The van der Waals surface area contributed by atoms with Crippen LogP contribution in [0.25, 0.3) is 0 Å². The van der Waals surface area contributed by atoms with E-state index in [1.165, 1.54) is 6.08 Å².